The molecule has 0 aromatic heterocycles. The lowest BCUT2D eigenvalue weighted by atomic mass is 10.2. The molecule has 0 atom stereocenters. The number of hydrogen-bond acceptors (Lipinski definition) is 2. The SMILES string of the molecule is CC(C)(C)ONCc1ccc(Cl)c(Cl)c1. The highest BCUT2D eigenvalue weighted by molar-refractivity contribution is 6.42. The lowest BCUT2D eigenvalue weighted by Crippen LogP contribution is -2.28. The predicted molar refractivity (Wildman–Crippen MR) is 64.1 cm³/mol. The number of nitrogens with one attached hydrogen (secondary N) is 1. The van der Waals surface area contributed by atoms with Crippen LogP contribution in [0.25, 0.3) is 0 Å². The van der Waals surface area contributed by atoms with Gasteiger partial charge in [0.1, 0.15) is 0 Å². The molecular weight excluding hydrogens is 233 g/mol. The maximum Gasteiger partial charge on any atom is 0.0813 e. The van der Waals surface area contributed by atoms with Gasteiger partial charge in [0.2, 0.25) is 0 Å². The smallest absolute Gasteiger partial charge is 0.0813 e. The molecule has 1 aromatic carbocycles. The zero-order chi connectivity index (χ0) is 11.5. The number of halogens is 2. The number of hydrogen-bond donors (Lipinski definition) is 1. The van der Waals surface area contributed by atoms with Gasteiger partial charge < -0.3 is 0 Å². The molecule has 4 heteroatoms. The summed E-state index contributed by atoms with van der Waals surface area (Å²) in [6.07, 6.45) is 0. The van der Waals surface area contributed by atoms with Crippen molar-refractivity contribution in [2.24, 2.45) is 0 Å². The van der Waals surface area contributed by atoms with Crippen LogP contribution in [0.2, 0.25) is 10.0 Å². The Labute approximate surface area is 100 Å². The molecule has 0 spiro atoms. The summed E-state index contributed by atoms with van der Waals surface area (Å²) in [6, 6.07) is 5.51. The van der Waals surface area contributed by atoms with Crippen LogP contribution in [0, 0.1) is 0 Å². The molecule has 2 nitrogen and oxygen atoms in total. The second kappa shape index (κ2) is 5.17. The van der Waals surface area contributed by atoms with Gasteiger partial charge in [-0.2, -0.15) is 5.48 Å². The van der Waals surface area contributed by atoms with Crippen LogP contribution in [0.3, 0.4) is 0 Å². The van der Waals surface area contributed by atoms with Gasteiger partial charge in [0.05, 0.1) is 15.6 Å². The third-order valence-electron chi connectivity index (χ3n) is 1.64. The summed E-state index contributed by atoms with van der Waals surface area (Å²) >= 11 is 11.7. The van der Waals surface area contributed by atoms with Gasteiger partial charge in [-0.1, -0.05) is 29.3 Å². The molecule has 0 saturated heterocycles. The highest BCUT2D eigenvalue weighted by atomic mass is 35.5. The van der Waals surface area contributed by atoms with Crippen molar-refractivity contribution in [2.45, 2.75) is 32.9 Å². The van der Waals surface area contributed by atoms with Crippen LogP contribution < -0.4 is 5.48 Å². The summed E-state index contributed by atoms with van der Waals surface area (Å²) in [4.78, 5) is 5.38. The summed E-state index contributed by atoms with van der Waals surface area (Å²) in [7, 11) is 0. The Hall–Kier alpha value is -0.280. The van der Waals surface area contributed by atoms with Gasteiger partial charge in [0.25, 0.3) is 0 Å². The maximum atomic E-state index is 5.88. The van der Waals surface area contributed by atoms with Gasteiger partial charge in [-0.05, 0) is 38.5 Å². The van der Waals surface area contributed by atoms with E-state index in [1.165, 1.54) is 0 Å². The Morgan fingerprint density at radius 1 is 1.20 bits per heavy atom. The first-order valence-electron chi connectivity index (χ1n) is 4.73. The fourth-order valence-electron chi connectivity index (χ4n) is 0.986. The molecule has 0 radical (unpaired) electrons. The third kappa shape index (κ3) is 4.85. The van der Waals surface area contributed by atoms with E-state index in [4.69, 9.17) is 28.0 Å². The van der Waals surface area contributed by atoms with Gasteiger partial charge in [0.15, 0.2) is 0 Å². The molecule has 1 rings (SSSR count). The standard InChI is InChI=1S/C11H15Cl2NO/c1-11(2,3)15-14-7-8-4-5-9(12)10(13)6-8/h4-6,14H,7H2,1-3H3. The Morgan fingerprint density at radius 2 is 1.87 bits per heavy atom. The minimum Gasteiger partial charge on any atom is -0.296 e. The molecule has 0 unspecified atom stereocenters. The van der Waals surface area contributed by atoms with Crippen molar-refractivity contribution < 1.29 is 4.84 Å². The normalized spacial score (nSPS) is 11.8. The van der Waals surface area contributed by atoms with E-state index in [-0.39, 0.29) is 5.60 Å². The first kappa shape index (κ1) is 12.8. The summed E-state index contributed by atoms with van der Waals surface area (Å²) in [5, 5.41) is 1.13. The van der Waals surface area contributed by atoms with E-state index < -0.39 is 0 Å². The molecule has 1 N–H and O–H groups in total. The third-order valence-corrected chi connectivity index (χ3v) is 2.38. The van der Waals surface area contributed by atoms with Crippen molar-refractivity contribution in [1.82, 2.24) is 5.48 Å². The van der Waals surface area contributed by atoms with Crippen LogP contribution in [-0.2, 0) is 11.4 Å². The average molecular weight is 248 g/mol. The minimum atomic E-state index is -0.198. The van der Waals surface area contributed by atoms with Crippen molar-refractivity contribution in [3.05, 3.63) is 33.8 Å². The fourth-order valence-corrected chi connectivity index (χ4v) is 1.31. The Kier molecular flexibility index (Phi) is 4.41. The maximum absolute atomic E-state index is 5.88. The molecule has 0 aliphatic carbocycles. The van der Waals surface area contributed by atoms with Gasteiger partial charge in [0, 0.05) is 6.54 Å². The van der Waals surface area contributed by atoms with E-state index in [1.54, 1.807) is 6.07 Å². The Balaban J connectivity index is 2.48. The van der Waals surface area contributed by atoms with Crippen LogP contribution in [0.4, 0.5) is 0 Å². The molecule has 0 amide bonds. The summed E-state index contributed by atoms with van der Waals surface area (Å²) in [5.74, 6) is 0. The molecule has 15 heavy (non-hydrogen) atoms. The largest absolute Gasteiger partial charge is 0.296 e. The van der Waals surface area contributed by atoms with Crippen LogP contribution in [0.15, 0.2) is 18.2 Å². The Bertz CT molecular complexity index is 334. The van der Waals surface area contributed by atoms with E-state index in [1.807, 2.05) is 32.9 Å². The number of hydroxylamine groups is 1. The second-order valence-corrected chi connectivity index (χ2v) is 5.10. The monoisotopic (exact) mass is 247 g/mol. The van der Waals surface area contributed by atoms with Crippen molar-refractivity contribution in [3.63, 3.8) is 0 Å². The predicted octanol–water partition coefficient (Wildman–Crippen LogP) is 3.81. The molecule has 1 aromatic rings. The molecule has 0 fully saturated rings. The minimum absolute atomic E-state index is 0.198. The van der Waals surface area contributed by atoms with E-state index in [0.717, 1.165) is 5.56 Å². The highest BCUT2D eigenvalue weighted by Crippen LogP contribution is 2.22. The molecule has 0 aliphatic rings. The first-order chi connectivity index (χ1) is 6.88. The Morgan fingerprint density at radius 3 is 2.40 bits per heavy atom. The van der Waals surface area contributed by atoms with E-state index in [0.29, 0.717) is 16.6 Å². The van der Waals surface area contributed by atoms with Gasteiger partial charge in [-0.25, -0.2) is 0 Å². The van der Waals surface area contributed by atoms with Crippen molar-refractivity contribution in [3.8, 4) is 0 Å². The lowest BCUT2D eigenvalue weighted by Gasteiger charge is -2.19. The van der Waals surface area contributed by atoms with Crippen LogP contribution in [-0.4, -0.2) is 5.60 Å². The van der Waals surface area contributed by atoms with Crippen molar-refractivity contribution in [1.29, 1.82) is 0 Å². The van der Waals surface area contributed by atoms with Crippen LogP contribution in [0.5, 0.6) is 0 Å². The molecule has 0 heterocycles. The number of benzene rings is 1. The second-order valence-electron chi connectivity index (χ2n) is 4.28. The van der Waals surface area contributed by atoms with Gasteiger partial charge in [-0.3, -0.25) is 4.84 Å². The van der Waals surface area contributed by atoms with E-state index in [9.17, 15) is 0 Å². The summed E-state index contributed by atoms with van der Waals surface area (Å²) in [6.45, 7) is 6.55. The lowest BCUT2D eigenvalue weighted by molar-refractivity contribution is -0.0757. The van der Waals surface area contributed by atoms with Gasteiger partial charge in [-0.15, -0.1) is 0 Å². The molecule has 0 saturated carbocycles. The topological polar surface area (TPSA) is 21.3 Å². The highest BCUT2D eigenvalue weighted by Gasteiger charge is 2.09. The molecule has 0 aliphatic heterocycles. The fraction of sp³-hybridized carbons (Fsp3) is 0.455. The zero-order valence-corrected chi connectivity index (χ0v) is 10.6. The van der Waals surface area contributed by atoms with Crippen LogP contribution >= 0.6 is 23.2 Å². The molecular formula is C11H15Cl2NO. The van der Waals surface area contributed by atoms with Gasteiger partial charge >= 0.3 is 0 Å². The molecule has 84 valence electrons. The number of rotatable bonds is 3. The van der Waals surface area contributed by atoms with E-state index >= 15 is 0 Å². The van der Waals surface area contributed by atoms with Crippen molar-refractivity contribution >= 4 is 23.2 Å². The summed E-state index contributed by atoms with van der Waals surface area (Å²) in [5.41, 5.74) is 3.72. The average Bonchev–Trinajstić information content (AvgIpc) is 2.09. The van der Waals surface area contributed by atoms with Crippen molar-refractivity contribution in [2.75, 3.05) is 0 Å². The van der Waals surface area contributed by atoms with Crippen LogP contribution in [0.1, 0.15) is 26.3 Å². The molecule has 0 bridgehead atoms. The summed E-state index contributed by atoms with van der Waals surface area (Å²) < 4.78 is 0. The quantitative estimate of drug-likeness (QED) is 0.821. The first-order valence-corrected chi connectivity index (χ1v) is 5.49. The van der Waals surface area contributed by atoms with E-state index in [2.05, 4.69) is 5.48 Å². The zero-order valence-electron chi connectivity index (χ0n) is 9.10.